The van der Waals surface area contributed by atoms with Gasteiger partial charge < -0.3 is 10.6 Å². The fourth-order valence-electron chi connectivity index (χ4n) is 2.64. The van der Waals surface area contributed by atoms with Gasteiger partial charge in [-0.15, -0.1) is 0 Å². The van der Waals surface area contributed by atoms with Crippen LogP contribution >= 0.6 is 0 Å². The third kappa shape index (κ3) is 4.79. The van der Waals surface area contributed by atoms with Crippen molar-refractivity contribution in [1.29, 1.82) is 0 Å². The summed E-state index contributed by atoms with van der Waals surface area (Å²) in [4.78, 5) is 24.6. The molecule has 4 nitrogen and oxygen atoms in total. The molecule has 2 amide bonds. The van der Waals surface area contributed by atoms with Crippen LogP contribution in [0.1, 0.15) is 31.8 Å². The molecule has 0 aromatic heterocycles. The molecule has 0 unspecified atom stereocenters. The SMILES string of the molecule is O=C(NCc1ccccc1F)c1cccc(C(=O)NCc2ccccc2F)c1. The highest BCUT2D eigenvalue weighted by atomic mass is 19.1. The maximum Gasteiger partial charge on any atom is 0.251 e. The maximum absolute atomic E-state index is 13.6. The fraction of sp³-hybridized carbons (Fsp3) is 0.0909. The van der Waals surface area contributed by atoms with Gasteiger partial charge >= 0.3 is 0 Å². The van der Waals surface area contributed by atoms with E-state index in [4.69, 9.17) is 0 Å². The number of hydrogen-bond donors (Lipinski definition) is 2. The summed E-state index contributed by atoms with van der Waals surface area (Å²) in [5.41, 5.74) is 1.29. The van der Waals surface area contributed by atoms with E-state index in [1.54, 1.807) is 54.6 Å². The summed E-state index contributed by atoms with van der Waals surface area (Å²) in [6, 6.07) is 18.5. The zero-order valence-electron chi connectivity index (χ0n) is 14.9. The van der Waals surface area contributed by atoms with Crippen molar-refractivity contribution in [3.8, 4) is 0 Å². The molecular weight excluding hydrogens is 362 g/mol. The van der Waals surface area contributed by atoms with Crippen LogP contribution < -0.4 is 10.6 Å². The largest absolute Gasteiger partial charge is 0.348 e. The molecule has 0 aliphatic rings. The first-order valence-corrected chi connectivity index (χ1v) is 8.68. The van der Waals surface area contributed by atoms with E-state index < -0.39 is 23.4 Å². The van der Waals surface area contributed by atoms with Crippen LogP contribution in [0.25, 0.3) is 0 Å². The molecule has 0 spiro atoms. The predicted molar refractivity (Wildman–Crippen MR) is 102 cm³/mol. The van der Waals surface area contributed by atoms with Crippen molar-refractivity contribution in [3.63, 3.8) is 0 Å². The first kappa shape index (κ1) is 19.2. The van der Waals surface area contributed by atoms with Crippen LogP contribution in [-0.4, -0.2) is 11.8 Å². The molecule has 0 radical (unpaired) electrons. The molecule has 3 aromatic carbocycles. The van der Waals surface area contributed by atoms with E-state index in [1.165, 1.54) is 18.2 Å². The van der Waals surface area contributed by atoms with Gasteiger partial charge in [0.05, 0.1) is 0 Å². The smallest absolute Gasteiger partial charge is 0.251 e. The van der Waals surface area contributed by atoms with Gasteiger partial charge in [-0.2, -0.15) is 0 Å². The predicted octanol–water partition coefficient (Wildman–Crippen LogP) is 3.82. The number of carbonyl (C=O) groups is 2. The Balaban J connectivity index is 1.62. The molecule has 0 aliphatic heterocycles. The third-order valence-corrected chi connectivity index (χ3v) is 4.18. The fourth-order valence-corrected chi connectivity index (χ4v) is 2.64. The van der Waals surface area contributed by atoms with Crippen LogP contribution in [0.5, 0.6) is 0 Å². The second-order valence-electron chi connectivity index (χ2n) is 6.13. The van der Waals surface area contributed by atoms with Gasteiger partial charge in [-0.1, -0.05) is 42.5 Å². The Bertz CT molecular complexity index is 928. The summed E-state index contributed by atoms with van der Waals surface area (Å²) >= 11 is 0. The van der Waals surface area contributed by atoms with E-state index in [2.05, 4.69) is 10.6 Å². The normalized spacial score (nSPS) is 10.4. The van der Waals surface area contributed by atoms with E-state index in [-0.39, 0.29) is 24.2 Å². The number of hydrogen-bond acceptors (Lipinski definition) is 2. The maximum atomic E-state index is 13.6. The molecule has 0 saturated heterocycles. The Morgan fingerprint density at radius 3 is 1.50 bits per heavy atom. The molecule has 2 N–H and O–H groups in total. The van der Waals surface area contributed by atoms with Crippen molar-refractivity contribution < 1.29 is 18.4 Å². The van der Waals surface area contributed by atoms with Crippen molar-refractivity contribution >= 4 is 11.8 Å². The molecule has 142 valence electrons. The molecule has 0 atom stereocenters. The highest BCUT2D eigenvalue weighted by Crippen LogP contribution is 2.10. The second-order valence-corrected chi connectivity index (χ2v) is 6.13. The first-order chi connectivity index (χ1) is 13.5. The summed E-state index contributed by atoms with van der Waals surface area (Å²) in [5, 5.41) is 5.25. The van der Waals surface area contributed by atoms with Gasteiger partial charge in [0.2, 0.25) is 0 Å². The minimum Gasteiger partial charge on any atom is -0.348 e. The van der Waals surface area contributed by atoms with Crippen molar-refractivity contribution in [2.45, 2.75) is 13.1 Å². The first-order valence-electron chi connectivity index (χ1n) is 8.68. The molecule has 0 saturated carbocycles. The monoisotopic (exact) mass is 380 g/mol. The minimum absolute atomic E-state index is 0.0369. The Morgan fingerprint density at radius 1 is 0.643 bits per heavy atom. The van der Waals surface area contributed by atoms with Gasteiger partial charge in [-0.25, -0.2) is 8.78 Å². The molecule has 3 rings (SSSR count). The van der Waals surface area contributed by atoms with Crippen molar-refractivity contribution in [1.82, 2.24) is 10.6 Å². The molecule has 28 heavy (non-hydrogen) atoms. The Hall–Kier alpha value is -3.54. The van der Waals surface area contributed by atoms with Gasteiger partial charge in [0, 0.05) is 35.3 Å². The molecule has 0 fully saturated rings. The highest BCUT2D eigenvalue weighted by molar-refractivity contribution is 5.99. The molecular formula is C22H18F2N2O2. The summed E-state index contributed by atoms with van der Waals surface area (Å²) in [7, 11) is 0. The average molecular weight is 380 g/mol. The summed E-state index contributed by atoms with van der Waals surface area (Å²) in [6.07, 6.45) is 0. The van der Waals surface area contributed by atoms with Gasteiger partial charge in [-0.05, 0) is 30.3 Å². The topological polar surface area (TPSA) is 58.2 Å². The number of halogens is 2. The number of rotatable bonds is 6. The van der Waals surface area contributed by atoms with Gasteiger partial charge in [-0.3, -0.25) is 9.59 Å². The third-order valence-electron chi connectivity index (χ3n) is 4.18. The van der Waals surface area contributed by atoms with Crippen LogP contribution in [0.15, 0.2) is 72.8 Å². The van der Waals surface area contributed by atoms with E-state index >= 15 is 0 Å². The van der Waals surface area contributed by atoms with Gasteiger partial charge in [0.25, 0.3) is 11.8 Å². The molecule has 0 bridgehead atoms. The molecule has 6 heteroatoms. The number of carbonyl (C=O) groups excluding carboxylic acids is 2. The van der Waals surface area contributed by atoms with Crippen molar-refractivity contribution in [2.24, 2.45) is 0 Å². The molecule has 0 aliphatic carbocycles. The van der Waals surface area contributed by atoms with Crippen molar-refractivity contribution in [3.05, 3.63) is 107 Å². The Morgan fingerprint density at radius 2 is 1.07 bits per heavy atom. The van der Waals surface area contributed by atoms with Crippen molar-refractivity contribution in [2.75, 3.05) is 0 Å². The summed E-state index contributed by atoms with van der Waals surface area (Å²) in [6.45, 7) is 0.0738. The number of nitrogens with one attached hydrogen (secondary N) is 2. The van der Waals surface area contributed by atoms with E-state index in [9.17, 15) is 18.4 Å². The lowest BCUT2D eigenvalue weighted by atomic mass is 10.1. The van der Waals surface area contributed by atoms with Crippen LogP contribution in [0, 0.1) is 11.6 Å². The standard InChI is InChI=1S/C22H18F2N2O2/c23-19-10-3-1-6-17(19)13-25-21(27)15-8-5-9-16(12-15)22(28)26-14-18-7-2-4-11-20(18)24/h1-12H,13-14H2,(H,25,27)(H,26,28). The van der Waals surface area contributed by atoms with E-state index in [0.29, 0.717) is 11.1 Å². The van der Waals surface area contributed by atoms with E-state index in [1.807, 2.05) is 0 Å². The Kier molecular flexibility index (Phi) is 6.11. The highest BCUT2D eigenvalue weighted by Gasteiger charge is 2.12. The van der Waals surface area contributed by atoms with E-state index in [0.717, 1.165) is 0 Å². The lowest BCUT2D eigenvalue weighted by Gasteiger charge is -2.09. The van der Waals surface area contributed by atoms with Crippen LogP contribution in [0.3, 0.4) is 0 Å². The Labute approximate surface area is 161 Å². The second kappa shape index (κ2) is 8.90. The number of amides is 2. The average Bonchev–Trinajstić information content (AvgIpc) is 2.72. The zero-order valence-corrected chi connectivity index (χ0v) is 14.9. The van der Waals surface area contributed by atoms with Crippen LogP contribution in [0.4, 0.5) is 8.78 Å². The van der Waals surface area contributed by atoms with Gasteiger partial charge in [0.1, 0.15) is 11.6 Å². The zero-order chi connectivity index (χ0) is 19.9. The quantitative estimate of drug-likeness (QED) is 0.683. The lowest BCUT2D eigenvalue weighted by molar-refractivity contribution is 0.0950. The lowest BCUT2D eigenvalue weighted by Crippen LogP contribution is -2.25. The number of benzene rings is 3. The summed E-state index contributed by atoms with van der Waals surface area (Å²) in [5.74, 6) is -1.65. The summed E-state index contributed by atoms with van der Waals surface area (Å²) < 4.78 is 27.3. The van der Waals surface area contributed by atoms with Gasteiger partial charge in [0.15, 0.2) is 0 Å². The van der Waals surface area contributed by atoms with Crippen LogP contribution in [0.2, 0.25) is 0 Å². The van der Waals surface area contributed by atoms with Crippen LogP contribution in [-0.2, 0) is 13.1 Å². The minimum atomic E-state index is -0.424. The molecule has 3 aromatic rings. The molecule has 0 heterocycles.